The number of carbonyl (C=O) groups is 1. The Morgan fingerprint density at radius 3 is 1.17 bits per heavy atom. The van der Waals surface area contributed by atoms with Gasteiger partial charge in [0.05, 0.1) is 32.0 Å². The van der Waals surface area contributed by atoms with Gasteiger partial charge in [0.1, 0.15) is 48.8 Å². The Kier molecular flexibility index (Phi) is 51.5. The molecule has 0 aromatic rings. The number of hydrogen-bond acceptors (Lipinski definition) is 13. The number of hydrogen-bond donors (Lipinski definition) is 9. The van der Waals surface area contributed by atoms with E-state index in [1.54, 1.807) is 6.08 Å². The first-order valence-corrected chi connectivity index (χ1v) is 35.2. The first-order chi connectivity index (χ1) is 41.1. The standard InChI is InChI=1S/C70H131NO13/c1-3-5-7-9-11-13-15-17-19-21-23-24-25-26-27-28-29-30-31-32-33-34-36-37-39-41-43-45-47-49-51-53-59(74)58(71-62(75)54-52-50-48-46-44-42-40-38-35-22-20-18-16-14-12-10-8-6-4-2)57-81-69-67(80)65(78)68(61(56-73)83-69)84-70-66(79)64(77)63(76)60(55-72)82-70/h18,20,43,45,51,53,58-61,63-70,72-74,76-80H,3-17,19,21-42,44,46-50,52,54-57H2,1-2H3,(H,71,75)/b20-18-,45-43+,53-51+. The van der Waals surface area contributed by atoms with Crippen LogP contribution in [0.25, 0.3) is 0 Å². The molecule has 2 rings (SSSR count). The molecule has 0 spiro atoms. The molecule has 0 aromatic carbocycles. The Morgan fingerprint density at radius 2 is 0.762 bits per heavy atom. The predicted octanol–water partition coefficient (Wildman–Crippen LogP) is 14.1. The second-order valence-corrected chi connectivity index (χ2v) is 25.0. The zero-order valence-corrected chi connectivity index (χ0v) is 53.7. The maximum atomic E-state index is 13.3. The zero-order valence-electron chi connectivity index (χ0n) is 53.7. The van der Waals surface area contributed by atoms with E-state index in [9.17, 15) is 45.6 Å². The van der Waals surface area contributed by atoms with Gasteiger partial charge in [-0.05, 0) is 57.8 Å². The van der Waals surface area contributed by atoms with E-state index in [1.165, 1.54) is 244 Å². The average molecular weight is 1190 g/mol. The van der Waals surface area contributed by atoms with Crippen molar-refractivity contribution in [3.8, 4) is 0 Å². The number of rotatable bonds is 58. The highest BCUT2D eigenvalue weighted by atomic mass is 16.7. The third-order valence-corrected chi connectivity index (χ3v) is 17.3. The lowest BCUT2D eigenvalue weighted by Gasteiger charge is -2.46. The summed E-state index contributed by atoms with van der Waals surface area (Å²) in [6, 6.07) is -0.933. The summed E-state index contributed by atoms with van der Waals surface area (Å²) in [6.45, 7) is 2.82. The highest BCUT2D eigenvalue weighted by molar-refractivity contribution is 5.76. The molecule has 0 aliphatic carbocycles. The van der Waals surface area contributed by atoms with Crippen molar-refractivity contribution in [2.75, 3.05) is 19.8 Å². The molecule has 2 heterocycles. The number of unbranched alkanes of at least 4 members (excludes halogenated alkanes) is 41. The molecule has 84 heavy (non-hydrogen) atoms. The predicted molar refractivity (Wildman–Crippen MR) is 341 cm³/mol. The van der Waals surface area contributed by atoms with Gasteiger partial charge in [-0.25, -0.2) is 0 Å². The number of aliphatic hydroxyl groups excluding tert-OH is 8. The average Bonchev–Trinajstić information content (AvgIpc) is 3.62. The van der Waals surface area contributed by atoms with Gasteiger partial charge in [0.15, 0.2) is 12.6 Å². The van der Waals surface area contributed by atoms with Crippen molar-refractivity contribution in [1.82, 2.24) is 5.32 Å². The molecule has 1 amide bonds. The van der Waals surface area contributed by atoms with Gasteiger partial charge < -0.3 is 65.1 Å². The van der Waals surface area contributed by atoms with Crippen molar-refractivity contribution < 1.29 is 64.6 Å². The molecule has 0 radical (unpaired) electrons. The number of nitrogens with one attached hydrogen (secondary N) is 1. The number of carbonyl (C=O) groups excluding carboxylic acids is 1. The molecule has 0 aromatic heterocycles. The summed E-state index contributed by atoms with van der Waals surface area (Å²) in [4.78, 5) is 13.3. The molecular formula is C70H131NO13. The number of allylic oxidation sites excluding steroid dienone is 5. The fraction of sp³-hybridized carbons (Fsp3) is 0.900. The van der Waals surface area contributed by atoms with Crippen molar-refractivity contribution in [3.05, 3.63) is 36.5 Å². The van der Waals surface area contributed by atoms with Gasteiger partial charge in [-0.2, -0.15) is 0 Å². The van der Waals surface area contributed by atoms with Crippen molar-refractivity contribution in [3.63, 3.8) is 0 Å². The second kappa shape index (κ2) is 55.3. The zero-order chi connectivity index (χ0) is 60.9. The summed E-state index contributed by atoms with van der Waals surface area (Å²) in [5.41, 5.74) is 0. The molecule has 9 N–H and O–H groups in total. The molecule has 2 aliphatic rings. The van der Waals surface area contributed by atoms with E-state index < -0.39 is 86.8 Å². The van der Waals surface area contributed by atoms with Gasteiger partial charge in [-0.1, -0.05) is 281 Å². The summed E-state index contributed by atoms with van der Waals surface area (Å²) < 4.78 is 22.8. The van der Waals surface area contributed by atoms with E-state index in [4.69, 9.17) is 18.9 Å². The second-order valence-electron chi connectivity index (χ2n) is 25.0. The topological polar surface area (TPSA) is 228 Å². The van der Waals surface area contributed by atoms with Gasteiger partial charge in [0, 0.05) is 6.42 Å². The summed E-state index contributed by atoms with van der Waals surface area (Å²) in [5, 5.41) is 87.4. The normalized spacial score (nSPS) is 23.8. The van der Waals surface area contributed by atoms with Crippen LogP contribution in [0.5, 0.6) is 0 Å². The lowest BCUT2D eigenvalue weighted by atomic mass is 9.97. The molecule has 494 valence electrons. The van der Waals surface area contributed by atoms with Gasteiger partial charge in [-0.3, -0.25) is 4.79 Å². The Hall–Kier alpha value is -1.79. The number of ether oxygens (including phenoxy) is 4. The lowest BCUT2D eigenvalue weighted by molar-refractivity contribution is -0.359. The minimum Gasteiger partial charge on any atom is -0.394 e. The monoisotopic (exact) mass is 1190 g/mol. The molecule has 14 heteroatoms. The van der Waals surface area contributed by atoms with Gasteiger partial charge in [-0.15, -0.1) is 0 Å². The van der Waals surface area contributed by atoms with E-state index in [1.807, 2.05) is 6.08 Å². The van der Waals surface area contributed by atoms with Crippen LogP contribution in [-0.2, 0) is 23.7 Å². The Labute approximate surface area is 512 Å². The Morgan fingerprint density at radius 1 is 0.417 bits per heavy atom. The molecule has 2 fully saturated rings. The Bertz CT molecular complexity index is 1550. The van der Waals surface area contributed by atoms with Gasteiger partial charge in [0.2, 0.25) is 5.91 Å². The maximum absolute atomic E-state index is 13.3. The molecule has 2 saturated heterocycles. The van der Waals surface area contributed by atoms with E-state index in [2.05, 4.69) is 43.5 Å². The van der Waals surface area contributed by atoms with E-state index in [-0.39, 0.29) is 18.9 Å². The highest BCUT2D eigenvalue weighted by Gasteiger charge is 2.51. The summed E-state index contributed by atoms with van der Waals surface area (Å²) in [5.74, 6) is -0.248. The molecule has 0 bridgehead atoms. The van der Waals surface area contributed by atoms with Crippen molar-refractivity contribution >= 4 is 5.91 Å². The molecule has 0 saturated carbocycles. The van der Waals surface area contributed by atoms with E-state index >= 15 is 0 Å². The van der Waals surface area contributed by atoms with Crippen LogP contribution in [0.15, 0.2) is 36.5 Å². The van der Waals surface area contributed by atoms with Crippen LogP contribution < -0.4 is 5.32 Å². The molecule has 14 nitrogen and oxygen atoms in total. The quantitative estimate of drug-likeness (QED) is 0.0204. The van der Waals surface area contributed by atoms with Crippen molar-refractivity contribution in [1.29, 1.82) is 0 Å². The summed E-state index contributed by atoms with van der Waals surface area (Å²) >= 11 is 0. The minimum absolute atomic E-state index is 0.248. The first-order valence-electron chi connectivity index (χ1n) is 35.2. The van der Waals surface area contributed by atoms with Crippen molar-refractivity contribution in [2.45, 2.75) is 383 Å². The third kappa shape index (κ3) is 39.3. The number of amides is 1. The smallest absolute Gasteiger partial charge is 0.220 e. The van der Waals surface area contributed by atoms with Crippen LogP contribution in [0, 0.1) is 0 Å². The largest absolute Gasteiger partial charge is 0.394 e. The fourth-order valence-electron chi connectivity index (χ4n) is 11.7. The Balaban J connectivity index is 1.68. The van der Waals surface area contributed by atoms with Gasteiger partial charge >= 0.3 is 0 Å². The fourth-order valence-corrected chi connectivity index (χ4v) is 11.7. The molecule has 2 aliphatic heterocycles. The third-order valence-electron chi connectivity index (χ3n) is 17.3. The summed E-state index contributed by atoms with van der Waals surface area (Å²) in [6.07, 6.45) is 53.5. The van der Waals surface area contributed by atoms with E-state index in [0.717, 1.165) is 32.1 Å². The van der Waals surface area contributed by atoms with Crippen LogP contribution in [0.1, 0.15) is 309 Å². The van der Waals surface area contributed by atoms with Crippen molar-refractivity contribution in [2.24, 2.45) is 0 Å². The number of aliphatic hydroxyl groups is 8. The van der Waals surface area contributed by atoms with Crippen LogP contribution in [0.3, 0.4) is 0 Å². The highest BCUT2D eigenvalue weighted by Crippen LogP contribution is 2.30. The lowest BCUT2D eigenvalue weighted by Crippen LogP contribution is -2.65. The first kappa shape index (κ1) is 78.3. The van der Waals surface area contributed by atoms with Crippen LogP contribution in [-0.4, -0.2) is 140 Å². The molecular weight excluding hydrogens is 1060 g/mol. The molecule has 12 atom stereocenters. The van der Waals surface area contributed by atoms with Crippen LogP contribution >= 0.6 is 0 Å². The SMILES string of the molecule is CCCCCCCC/C=C\CCCCCCCCCCCC(=O)NC(COC1OC(CO)C(OC2OC(CO)C(O)C(O)C2O)C(O)C1O)C(O)/C=C/CC/C=C/CCCCCCCCCCCCCCCCCCCCCCCCCCC. The van der Waals surface area contributed by atoms with E-state index in [0.29, 0.717) is 12.8 Å². The van der Waals surface area contributed by atoms with Gasteiger partial charge in [0.25, 0.3) is 0 Å². The van der Waals surface area contributed by atoms with Crippen LogP contribution in [0.4, 0.5) is 0 Å². The minimum atomic E-state index is -1.79. The maximum Gasteiger partial charge on any atom is 0.220 e. The summed E-state index contributed by atoms with van der Waals surface area (Å²) in [7, 11) is 0. The van der Waals surface area contributed by atoms with Crippen LogP contribution in [0.2, 0.25) is 0 Å². The molecule has 12 unspecified atom stereocenters.